The quantitative estimate of drug-likeness (QED) is 0.852. The molecule has 19 heavy (non-hydrogen) atoms. The number of hydrogen-bond acceptors (Lipinski definition) is 2. The Labute approximate surface area is 112 Å². The van der Waals surface area contributed by atoms with Crippen LogP contribution in [0.2, 0.25) is 5.15 Å². The normalized spacial score (nSPS) is 13.3. The third-order valence-corrected chi connectivity index (χ3v) is 2.83. The van der Waals surface area contributed by atoms with Gasteiger partial charge < -0.3 is 5.11 Å². The third-order valence-electron chi connectivity index (χ3n) is 2.63. The van der Waals surface area contributed by atoms with Crippen LogP contribution in [-0.2, 0) is 6.18 Å². The van der Waals surface area contributed by atoms with Gasteiger partial charge in [0.1, 0.15) is 11.3 Å². The van der Waals surface area contributed by atoms with Crippen LogP contribution in [0, 0.1) is 0 Å². The number of rotatable bonds is 2. The van der Waals surface area contributed by atoms with Crippen molar-refractivity contribution >= 4 is 11.6 Å². The van der Waals surface area contributed by atoms with Gasteiger partial charge in [0.05, 0.1) is 5.56 Å². The summed E-state index contributed by atoms with van der Waals surface area (Å²) in [5.41, 5.74) is -0.815. The van der Waals surface area contributed by atoms with E-state index in [9.17, 15) is 18.3 Å². The van der Waals surface area contributed by atoms with Gasteiger partial charge >= 0.3 is 6.18 Å². The Morgan fingerprint density at radius 1 is 1.16 bits per heavy atom. The van der Waals surface area contributed by atoms with E-state index in [4.69, 9.17) is 11.6 Å². The van der Waals surface area contributed by atoms with Gasteiger partial charge in [-0.3, -0.25) is 0 Å². The number of aliphatic hydroxyl groups is 1. The summed E-state index contributed by atoms with van der Waals surface area (Å²) >= 11 is 5.66. The first-order chi connectivity index (χ1) is 8.89. The van der Waals surface area contributed by atoms with Crippen molar-refractivity contribution in [1.82, 2.24) is 4.98 Å². The van der Waals surface area contributed by atoms with Crippen molar-refractivity contribution in [2.75, 3.05) is 0 Å². The maximum absolute atomic E-state index is 12.9. The van der Waals surface area contributed by atoms with E-state index in [1.54, 1.807) is 0 Å². The highest BCUT2D eigenvalue weighted by Crippen LogP contribution is 2.36. The highest BCUT2D eigenvalue weighted by molar-refractivity contribution is 6.29. The predicted octanol–water partition coefficient (Wildman–Crippen LogP) is 3.84. The number of nitrogens with zero attached hydrogens (tertiary/aromatic N) is 1. The van der Waals surface area contributed by atoms with Crippen LogP contribution in [0.4, 0.5) is 13.2 Å². The number of aliphatic hydroxyl groups excluding tert-OH is 1. The van der Waals surface area contributed by atoms with Gasteiger partial charge in [-0.15, -0.1) is 0 Å². The lowest BCUT2D eigenvalue weighted by atomic mass is 9.97. The number of hydrogen-bond donors (Lipinski definition) is 1. The van der Waals surface area contributed by atoms with E-state index in [2.05, 4.69) is 4.98 Å². The largest absolute Gasteiger partial charge is 0.416 e. The molecule has 2 aromatic rings. The van der Waals surface area contributed by atoms with E-state index in [1.807, 2.05) is 0 Å². The second-order valence-electron chi connectivity index (χ2n) is 3.90. The molecule has 1 aromatic heterocycles. The fraction of sp³-hybridized carbons (Fsp3) is 0.154. The zero-order valence-electron chi connectivity index (χ0n) is 9.53. The minimum atomic E-state index is -4.52. The molecule has 0 saturated carbocycles. The first-order valence-electron chi connectivity index (χ1n) is 5.35. The van der Waals surface area contributed by atoms with Gasteiger partial charge in [-0.1, -0.05) is 29.8 Å². The Morgan fingerprint density at radius 2 is 1.84 bits per heavy atom. The average Bonchev–Trinajstić information content (AvgIpc) is 2.37. The molecular formula is C13H9ClF3NO. The van der Waals surface area contributed by atoms with Gasteiger partial charge in [-0.2, -0.15) is 13.2 Å². The first kappa shape index (κ1) is 13.8. The van der Waals surface area contributed by atoms with E-state index in [-0.39, 0.29) is 16.3 Å². The van der Waals surface area contributed by atoms with E-state index in [1.165, 1.54) is 36.5 Å². The number of halogens is 4. The Morgan fingerprint density at radius 3 is 2.47 bits per heavy atom. The summed E-state index contributed by atoms with van der Waals surface area (Å²) < 4.78 is 38.6. The van der Waals surface area contributed by atoms with Crippen LogP contribution >= 0.6 is 11.6 Å². The molecule has 100 valence electrons. The van der Waals surface area contributed by atoms with Crippen LogP contribution in [0.5, 0.6) is 0 Å². The molecule has 1 aromatic carbocycles. The van der Waals surface area contributed by atoms with Crippen LogP contribution in [0.15, 0.2) is 42.6 Å². The van der Waals surface area contributed by atoms with Crippen molar-refractivity contribution in [1.29, 1.82) is 0 Å². The van der Waals surface area contributed by atoms with Crippen LogP contribution < -0.4 is 0 Å². The molecule has 1 atom stereocenters. The summed E-state index contributed by atoms with van der Waals surface area (Å²) in [6.07, 6.45) is -4.59. The van der Waals surface area contributed by atoms with Crippen molar-refractivity contribution in [3.63, 3.8) is 0 Å². The molecule has 1 heterocycles. The van der Waals surface area contributed by atoms with Crippen molar-refractivity contribution < 1.29 is 18.3 Å². The minimum absolute atomic E-state index is 0.112. The zero-order chi connectivity index (χ0) is 14.0. The van der Waals surface area contributed by atoms with Gasteiger partial charge in [0, 0.05) is 6.20 Å². The van der Waals surface area contributed by atoms with E-state index in [0.717, 1.165) is 6.07 Å². The maximum atomic E-state index is 12.9. The summed E-state index contributed by atoms with van der Waals surface area (Å²) in [6, 6.07) is 7.64. The molecule has 0 aliphatic carbocycles. The molecule has 1 N–H and O–H groups in total. The molecule has 0 amide bonds. The van der Waals surface area contributed by atoms with Gasteiger partial charge in [-0.25, -0.2) is 4.98 Å². The van der Waals surface area contributed by atoms with Crippen LogP contribution in [0.25, 0.3) is 0 Å². The van der Waals surface area contributed by atoms with E-state index in [0.29, 0.717) is 0 Å². The summed E-state index contributed by atoms with van der Waals surface area (Å²) in [7, 11) is 0. The van der Waals surface area contributed by atoms with Crippen molar-refractivity contribution in [3.8, 4) is 0 Å². The second kappa shape index (κ2) is 5.19. The highest BCUT2D eigenvalue weighted by Gasteiger charge is 2.34. The Hall–Kier alpha value is -1.59. The number of pyridine rings is 1. The lowest BCUT2D eigenvalue weighted by molar-refractivity contribution is -0.139. The summed E-state index contributed by atoms with van der Waals surface area (Å²) in [4.78, 5) is 3.72. The SMILES string of the molecule is OC(c1ccnc(Cl)c1)c1ccccc1C(F)(F)F. The predicted molar refractivity (Wildman–Crippen MR) is 64.8 cm³/mol. The van der Waals surface area contributed by atoms with Crippen molar-refractivity contribution in [2.24, 2.45) is 0 Å². The summed E-state index contributed by atoms with van der Waals surface area (Å²) in [6.45, 7) is 0. The smallest absolute Gasteiger partial charge is 0.384 e. The monoisotopic (exact) mass is 287 g/mol. The highest BCUT2D eigenvalue weighted by atomic mass is 35.5. The van der Waals surface area contributed by atoms with Crippen molar-refractivity contribution in [3.05, 3.63) is 64.4 Å². The third kappa shape index (κ3) is 3.05. The molecule has 1 unspecified atom stereocenters. The molecule has 0 saturated heterocycles. The van der Waals surface area contributed by atoms with E-state index >= 15 is 0 Å². The Bertz CT molecular complexity index is 586. The maximum Gasteiger partial charge on any atom is 0.416 e. The first-order valence-corrected chi connectivity index (χ1v) is 5.73. The van der Waals surface area contributed by atoms with Gasteiger partial charge in [-0.05, 0) is 29.3 Å². The minimum Gasteiger partial charge on any atom is -0.384 e. The van der Waals surface area contributed by atoms with Crippen molar-refractivity contribution in [2.45, 2.75) is 12.3 Å². The fourth-order valence-electron chi connectivity index (χ4n) is 1.76. The molecule has 0 spiro atoms. The number of aromatic nitrogens is 1. The molecule has 0 aliphatic rings. The number of alkyl halides is 3. The average molecular weight is 288 g/mol. The Balaban J connectivity index is 2.48. The van der Waals surface area contributed by atoms with Crippen LogP contribution in [0.3, 0.4) is 0 Å². The summed E-state index contributed by atoms with van der Waals surface area (Å²) in [5, 5.41) is 10.2. The van der Waals surface area contributed by atoms with Crippen LogP contribution in [-0.4, -0.2) is 10.1 Å². The molecule has 6 heteroatoms. The molecule has 2 nitrogen and oxygen atoms in total. The second-order valence-corrected chi connectivity index (χ2v) is 4.29. The lowest BCUT2D eigenvalue weighted by Gasteiger charge is -2.17. The topological polar surface area (TPSA) is 33.1 Å². The molecule has 0 aliphatic heterocycles. The van der Waals surface area contributed by atoms with Gasteiger partial charge in [0.2, 0.25) is 0 Å². The lowest BCUT2D eigenvalue weighted by Crippen LogP contribution is -2.12. The molecule has 0 fully saturated rings. The molecule has 0 bridgehead atoms. The summed E-state index contributed by atoms with van der Waals surface area (Å²) in [5.74, 6) is 0. The van der Waals surface area contributed by atoms with Gasteiger partial charge in [0.25, 0.3) is 0 Å². The number of benzene rings is 1. The van der Waals surface area contributed by atoms with E-state index < -0.39 is 17.8 Å². The molecule has 0 radical (unpaired) electrons. The van der Waals surface area contributed by atoms with Crippen LogP contribution in [0.1, 0.15) is 22.8 Å². The zero-order valence-corrected chi connectivity index (χ0v) is 10.3. The Kier molecular flexibility index (Phi) is 3.78. The molecule has 2 rings (SSSR count). The van der Waals surface area contributed by atoms with Gasteiger partial charge in [0.15, 0.2) is 0 Å². The standard InChI is InChI=1S/C13H9ClF3NO/c14-11-7-8(5-6-18-11)12(19)9-3-1-2-4-10(9)13(15,16)17/h1-7,12,19H. The molecular weight excluding hydrogens is 279 g/mol. The fourth-order valence-corrected chi connectivity index (χ4v) is 1.94.